The van der Waals surface area contributed by atoms with Gasteiger partial charge in [-0.3, -0.25) is 9.78 Å². The van der Waals surface area contributed by atoms with Crippen molar-refractivity contribution in [1.29, 1.82) is 0 Å². The third-order valence-corrected chi connectivity index (χ3v) is 4.86. The predicted molar refractivity (Wildman–Crippen MR) is 93.4 cm³/mol. The van der Waals surface area contributed by atoms with E-state index in [0.29, 0.717) is 4.90 Å². The van der Waals surface area contributed by atoms with Crippen molar-refractivity contribution in [3.8, 4) is 11.1 Å². The molecule has 3 rings (SSSR count). The molecule has 5 nitrogen and oxygen atoms in total. The van der Waals surface area contributed by atoms with Crippen LogP contribution >= 0.6 is 23.4 Å². The molecule has 130 valence electrons. The number of hydrogen-bond acceptors (Lipinski definition) is 4. The van der Waals surface area contributed by atoms with Gasteiger partial charge in [-0.1, -0.05) is 11.6 Å². The van der Waals surface area contributed by atoms with Crippen LogP contribution in [0, 0.1) is 11.6 Å². The summed E-state index contributed by atoms with van der Waals surface area (Å²) in [6.45, 7) is -0.183. The molecular formula is C16H11ClF2N2O3S. The Morgan fingerprint density at radius 3 is 2.60 bits per heavy atom. The molecule has 0 aliphatic rings. The number of rotatable bonds is 4. The van der Waals surface area contributed by atoms with Crippen molar-refractivity contribution in [1.82, 2.24) is 9.97 Å². The Hall–Kier alpha value is -2.16. The highest BCUT2D eigenvalue weighted by molar-refractivity contribution is 7.99. The summed E-state index contributed by atoms with van der Waals surface area (Å²) in [4.78, 5) is 28.6. The fourth-order valence-electron chi connectivity index (χ4n) is 2.48. The Bertz CT molecular complexity index is 1080. The van der Waals surface area contributed by atoms with Crippen molar-refractivity contribution < 1.29 is 13.9 Å². The first-order valence-corrected chi connectivity index (χ1v) is 8.46. The van der Waals surface area contributed by atoms with Gasteiger partial charge in [0.2, 0.25) is 0 Å². The molecule has 0 saturated heterocycles. The van der Waals surface area contributed by atoms with Crippen molar-refractivity contribution in [3.63, 3.8) is 0 Å². The zero-order chi connectivity index (χ0) is 18.1. The van der Waals surface area contributed by atoms with Gasteiger partial charge in [-0.05, 0) is 18.2 Å². The number of thioether (sulfide) groups is 1. The van der Waals surface area contributed by atoms with Crippen molar-refractivity contribution in [2.24, 2.45) is 0 Å². The molecule has 0 amide bonds. The average molecular weight is 385 g/mol. The third kappa shape index (κ3) is 3.33. The number of aliphatic hydroxyl groups excluding tert-OH is 1. The van der Waals surface area contributed by atoms with Crippen LogP contribution in [0.1, 0.15) is 0 Å². The summed E-state index contributed by atoms with van der Waals surface area (Å²) in [6, 6.07) is 4.34. The minimum absolute atomic E-state index is 0.0230. The molecule has 9 heteroatoms. The molecule has 0 bridgehead atoms. The fraction of sp³-hybridized carbons (Fsp3) is 0.125. The van der Waals surface area contributed by atoms with Gasteiger partial charge >= 0.3 is 5.69 Å². The van der Waals surface area contributed by atoms with Crippen molar-refractivity contribution in [2.45, 2.75) is 4.90 Å². The number of aromatic nitrogens is 2. The van der Waals surface area contributed by atoms with Gasteiger partial charge in [0.1, 0.15) is 11.6 Å². The number of H-pyrrole nitrogens is 2. The Balaban J connectivity index is 2.43. The van der Waals surface area contributed by atoms with Crippen molar-refractivity contribution in [3.05, 3.63) is 61.8 Å². The second kappa shape index (κ2) is 6.99. The second-order valence-corrected chi connectivity index (χ2v) is 6.60. The van der Waals surface area contributed by atoms with Gasteiger partial charge in [0, 0.05) is 27.8 Å². The monoisotopic (exact) mass is 384 g/mol. The zero-order valence-electron chi connectivity index (χ0n) is 12.5. The van der Waals surface area contributed by atoms with E-state index in [1.165, 1.54) is 12.1 Å². The lowest BCUT2D eigenvalue weighted by molar-refractivity contribution is 0.322. The molecule has 0 fully saturated rings. The van der Waals surface area contributed by atoms with Crippen LogP contribution in [0.3, 0.4) is 0 Å². The molecule has 3 aromatic rings. The summed E-state index contributed by atoms with van der Waals surface area (Å²) >= 11 is 7.36. The first-order chi connectivity index (χ1) is 11.9. The molecule has 0 aliphatic heterocycles. The van der Waals surface area contributed by atoms with Gasteiger partial charge in [-0.15, -0.1) is 11.8 Å². The zero-order valence-corrected chi connectivity index (χ0v) is 14.1. The number of aliphatic hydroxyl groups is 1. The standard InChI is InChI=1S/C16H11ClF2N2O3S/c17-10-6-9-13(20-16(24)21-15(9)23)14(25-4-3-22)12(10)8-2-1-7(18)5-11(8)19/h1-2,5-6,22H,3-4H2,(H2,20,21,23,24). The van der Waals surface area contributed by atoms with Crippen LogP contribution in [0.15, 0.2) is 38.8 Å². The number of aromatic amines is 2. The molecule has 1 aromatic heterocycles. The number of benzene rings is 2. The van der Waals surface area contributed by atoms with E-state index in [4.69, 9.17) is 16.7 Å². The summed E-state index contributed by atoms with van der Waals surface area (Å²) in [7, 11) is 0. The smallest absolute Gasteiger partial charge is 0.326 e. The van der Waals surface area contributed by atoms with Gasteiger partial charge in [-0.2, -0.15) is 0 Å². The lowest BCUT2D eigenvalue weighted by atomic mass is 10.0. The molecule has 0 saturated carbocycles. The Kier molecular flexibility index (Phi) is 4.94. The summed E-state index contributed by atoms with van der Waals surface area (Å²) < 4.78 is 27.5. The molecule has 3 N–H and O–H groups in total. The molecule has 1 heterocycles. The van der Waals surface area contributed by atoms with E-state index in [-0.39, 0.29) is 39.4 Å². The average Bonchev–Trinajstić information content (AvgIpc) is 2.54. The highest BCUT2D eigenvalue weighted by Gasteiger charge is 2.20. The van der Waals surface area contributed by atoms with Gasteiger partial charge in [0.25, 0.3) is 5.56 Å². The lowest BCUT2D eigenvalue weighted by Gasteiger charge is -2.15. The van der Waals surface area contributed by atoms with Crippen LogP contribution in [-0.4, -0.2) is 27.4 Å². The highest BCUT2D eigenvalue weighted by atomic mass is 35.5. The van der Waals surface area contributed by atoms with Crippen LogP contribution in [0.2, 0.25) is 5.02 Å². The molecule has 2 aromatic carbocycles. The lowest BCUT2D eigenvalue weighted by Crippen LogP contribution is -2.22. The van der Waals surface area contributed by atoms with Gasteiger partial charge < -0.3 is 10.1 Å². The fourth-order valence-corrected chi connectivity index (χ4v) is 3.81. The summed E-state index contributed by atoms with van der Waals surface area (Å²) in [5, 5.41) is 9.30. The van der Waals surface area contributed by atoms with Crippen molar-refractivity contribution >= 4 is 34.3 Å². The molecule has 0 spiro atoms. The van der Waals surface area contributed by atoms with Crippen molar-refractivity contribution in [2.75, 3.05) is 12.4 Å². The topological polar surface area (TPSA) is 85.9 Å². The largest absolute Gasteiger partial charge is 0.396 e. The van der Waals surface area contributed by atoms with E-state index < -0.39 is 22.9 Å². The minimum atomic E-state index is -0.834. The summed E-state index contributed by atoms with van der Waals surface area (Å²) in [6.07, 6.45) is 0. The van der Waals surface area contributed by atoms with E-state index in [0.717, 1.165) is 23.9 Å². The van der Waals surface area contributed by atoms with Crippen LogP contribution < -0.4 is 11.2 Å². The Morgan fingerprint density at radius 2 is 1.92 bits per heavy atom. The van der Waals surface area contributed by atoms with Crippen LogP contribution in [0.5, 0.6) is 0 Å². The number of hydrogen-bond donors (Lipinski definition) is 3. The van der Waals surface area contributed by atoms with E-state index in [1.54, 1.807) is 0 Å². The number of halogens is 3. The van der Waals surface area contributed by atoms with Crippen LogP contribution in [0.25, 0.3) is 22.0 Å². The van der Waals surface area contributed by atoms with Crippen LogP contribution in [-0.2, 0) is 0 Å². The van der Waals surface area contributed by atoms with Gasteiger partial charge in [0.15, 0.2) is 0 Å². The maximum Gasteiger partial charge on any atom is 0.326 e. The Morgan fingerprint density at radius 1 is 1.16 bits per heavy atom. The number of fused-ring (bicyclic) bond motifs is 1. The van der Waals surface area contributed by atoms with E-state index in [1.807, 2.05) is 0 Å². The summed E-state index contributed by atoms with van der Waals surface area (Å²) in [5.74, 6) is -1.35. The van der Waals surface area contributed by atoms with E-state index >= 15 is 0 Å². The second-order valence-electron chi connectivity index (χ2n) is 5.09. The molecule has 0 unspecified atom stereocenters. The quantitative estimate of drug-likeness (QED) is 0.604. The maximum absolute atomic E-state index is 14.3. The first-order valence-electron chi connectivity index (χ1n) is 7.10. The maximum atomic E-state index is 14.3. The highest BCUT2D eigenvalue weighted by Crippen LogP contribution is 2.41. The normalized spacial score (nSPS) is 11.2. The molecule has 25 heavy (non-hydrogen) atoms. The predicted octanol–water partition coefficient (Wildman–Crippen LogP) is 2.90. The minimum Gasteiger partial charge on any atom is -0.396 e. The number of nitrogens with one attached hydrogen (secondary N) is 2. The van der Waals surface area contributed by atoms with E-state index in [2.05, 4.69) is 9.97 Å². The first kappa shape index (κ1) is 17.7. The van der Waals surface area contributed by atoms with E-state index in [9.17, 15) is 18.4 Å². The SMILES string of the molecule is O=c1[nH]c(=O)c2cc(Cl)c(-c3ccc(F)cc3F)c(SCCO)c2[nH]1. The third-order valence-electron chi connectivity index (χ3n) is 3.48. The van der Waals surface area contributed by atoms with Gasteiger partial charge in [0.05, 0.1) is 22.5 Å². The molecule has 0 atom stereocenters. The molecule has 0 radical (unpaired) electrons. The molecular weight excluding hydrogens is 374 g/mol. The summed E-state index contributed by atoms with van der Waals surface area (Å²) in [5.41, 5.74) is -0.953. The van der Waals surface area contributed by atoms with Crippen LogP contribution in [0.4, 0.5) is 8.78 Å². The molecule has 0 aliphatic carbocycles. The Labute approximate surface area is 148 Å². The van der Waals surface area contributed by atoms with Gasteiger partial charge in [-0.25, -0.2) is 13.6 Å².